The van der Waals surface area contributed by atoms with E-state index in [1.54, 1.807) is 18.2 Å². The Hall–Kier alpha value is -1.88. The highest BCUT2D eigenvalue weighted by Crippen LogP contribution is 2.21. The summed E-state index contributed by atoms with van der Waals surface area (Å²) < 4.78 is 5.53. The number of benzene rings is 1. The summed E-state index contributed by atoms with van der Waals surface area (Å²) in [6.07, 6.45) is 0. The molecule has 1 N–H and O–H groups in total. The maximum atomic E-state index is 10.9. The standard InChI is InChI=1S/C13H10BrNO3/c14-8-11-10(13(16)17)6-7-12(15-11)18-9-4-2-1-3-5-9/h1-7H,8H2,(H,16,17). The number of carbonyl (C=O) groups is 1. The molecule has 5 heteroatoms. The van der Waals surface area contributed by atoms with Crippen molar-refractivity contribution < 1.29 is 14.6 Å². The van der Waals surface area contributed by atoms with Gasteiger partial charge in [-0.05, 0) is 18.2 Å². The highest BCUT2D eigenvalue weighted by molar-refractivity contribution is 9.08. The molecule has 0 aliphatic heterocycles. The Morgan fingerprint density at radius 2 is 1.94 bits per heavy atom. The molecule has 0 saturated carbocycles. The van der Waals surface area contributed by atoms with Crippen molar-refractivity contribution in [3.8, 4) is 11.6 Å². The van der Waals surface area contributed by atoms with Gasteiger partial charge in [0.25, 0.3) is 0 Å². The van der Waals surface area contributed by atoms with Gasteiger partial charge < -0.3 is 9.84 Å². The van der Waals surface area contributed by atoms with Crippen molar-refractivity contribution in [1.82, 2.24) is 4.98 Å². The van der Waals surface area contributed by atoms with E-state index < -0.39 is 5.97 Å². The SMILES string of the molecule is O=C(O)c1ccc(Oc2ccccc2)nc1CBr. The van der Waals surface area contributed by atoms with Crippen molar-refractivity contribution in [3.05, 3.63) is 53.7 Å². The Bertz CT molecular complexity index is 557. The zero-order chi connectivity index (χ0) is 13.0. The number of para-hydroxylation sites is 1. The lowest BCUT2D eigenvalue weighted by Gasteiger charge is -2.07. The van der Waals surface area contributed by atoms with Crippen LogP contribution in [0.1, 0.15) is 16.1 Å². The highest BCUT2D eigenvalue weighted by Gasteiger charge is 2.12. The smallest absolute Gasteiger partial charge is 0.337 e. The van der Waals surface area contributed by atoms with Gasteiger partial charge in [0.2, 0.25) is 5.88 Å². The predicted octanol–water partition coefficient (Wildman–Crippen LogP) is 3.47. The van der Waals surface area contributed by atoms with Gasteiger partial charge in [-0.1, -0.05) is 34.1 Å². The topological polar surface area (TPSA) is 59.4 Å². The number of rotatable bonds is 4. The summed E-state index contributed by atoms with van der Waals surface area (Å²) in [6, 6.07) is 12.2. The molecule has 1 aromatic heterocycles. The van der Waals surface area contributed by atoms with E-state index in [4.69, 9.17) is 9.84 Å². The molecule has 1 heterocycles. The van der Waals surface area contributed by atoms with Crippen molar-refractivity contribution in [1.29, 1.82) is 0 Å². The molecule has 1 aromatic carbocycles. The third kappa shape index (κ3) is 2.87. The molecule has 0 aliphatic rings. The average molecular weight is 308 g/mol. The minimum Gasteiger partial charge on any atom is -0.478 e. The molecule has 0 saturated heterocycles. The third-order valence-corrected chi connectivity index (χ3v) is 2.80. The first-order valence-electron chi connectivity index (χ1n) is 5.23. The Balaban J connectivity index is 2.28. The lowest BCUT2D eigenvalue weighted by atomic mass is 10.2. The number of aromatic nitrogens is 1. The van der Waals surface area contributed by atoms with Gasteiger partial charge in [0.15, 0.2) is 0 Å². The maximum absolute atomic E-state index is 10.9. The summed E-state index contributed by atoms with van der Waals surface area (Å²) in [5, 5.41) is 9.34. The number of pyridine rings is 1. The second-order valence-corrected chi connectivity index (χ2v) is 4.06. The van der Waals surface area contributed by atoms with E-state index in [2.05, 4.69) is 20.9 Å². The summed E-state index contributed by atoms with van der Waals surface area (Å²) in [5.74, 6) is 0.0393. The zero-order valence-corrected chi connectivity index (χ0v) is 10.9. The third-order valence-electron chi connectivity index (χ3n) is 2.27. The molecule has 4 nitrogen and oxygen atoms in total. The number of halogens is 1. The fourth-order valence-corrected chi connectivity index (χ4v) is 1.87. The zero-order valence-electron chi connectivity index (χ0n) is 9.34. The minimum absolute atomic E-state index is 0.173. The molecule has 0 atom stereocenters. The average Bonchev–Trinajstić information content (AvgIpc) is 2.39. The van der Waals surface area contributed by atoms with Gasteiger partial charge in [-0.3, -0.25) is 0 Å². The van der Waals surface area contributed by atoms with Gasteiger partial charge in [0.05, 0.1) is 11.3 Å². The largest absolute Gasteiger partial charge is 0.478 e. The van der Waals surface area contributed by atoms with Crippen molar-refractivity contribution >= 4 is 21.9 Å². The van der Waals surface area contributed by atoms with Crippen molar-refractivity contribution in [2.24, 2.45) is 0 Å². The monoisotopic (exact) mass is 307 g/mol. The van der Waals surface area contributed by atoms with Crippen molar-refractivity contribution in [2.45, 2.75) is 5.33 Å². The summed E-state index contributed by atoms with van der Waals surface area (Å²) in [6.45, 7) is 0. The molecule has 2 aromatic rings. The Morgan fingerprint density at radius 1 is 1.22 bits per heavy atom. The van der Waals surface area contributed by atoms with Crippen LogP contribution in [0.4, 0.5) is 0 Å². The summed E-state index contributed by atoms with van der Waals surface area (Å²) >= 11 is 3.21. The molecule has 0 spiro atoms. The molecule has 0 amide bonds. The van der Waals surface area contributed by atoms with Crippen molar-refractivity contribution in [3.63, 3.8) is 0 Å². The van der Waals surface area contributed by atoms with E-state index in [0.717, 1.165) is 0 Å². The summed E-state index contributed by atoms with van der Waals surface area (Å²) in [5.41, 5.74) is 0.614. The van der Waals surface area contributed by atoms with Crippen LogP contribution >= 0.6 is 15.9 Å². The molecule has 18 heavy (non-hydrogen) atoms. The number of aromatic carboxylic acids is 1. The Morgan fingerprint density at radius 3 is 2.56 bits per heavy atom. The fourth-order valence-electron chi connectivity index (χ4n) is 1.44. The number of carboxylic acids is 1. The van der Waals surface area contributed by atoms with E-state index in [-0.39, 0.29) is 5.56 Å². The Labute approximate surface area is 112 Å². The van der Waals surface area contributed by atoms with Crippen LogP contribution in [0.15, 0.2) is 42.5 Å². The van der Waals surface area contributed by atoms with E-state index in [1.807, 2.05) is 18.2 Å². The van der Waals surface area contributed by atoms with Gasteiger partial charge in [-0.2, -0.15) is 0 Å². The highest BCUT2D eigenvalue weighted by atomic mass is 79.9. The first-order valence-corrected chi connectivity index (χ1v) is 6.35. The van der Waals surface area contributed by atoms with Gasteiger partial charge in [-0.15, -0.1) is 0 Å². The van der Waals surface area contributed by atoms with E-state index in [0.29, 0.717) is 22.7 Å². The molecule has 0 fully saturated rings. The molecule has 0 radical (unpaired) electrons. The first-order chi connectivity index (χ1) is 8.70. The number of alkyl halides is 1. The molecule has 0 aliphatic carbocycles. The number of carboxylic acid groups (broad SMARTS) is 1. The fraction of sp³-hybridized carbons (Fsp3) is 0.0769. The predicted molar refractivity (Wildman–Crippen MR) is 70.3 cm³/mol. The van der Waals surface area contributed by atoms with Gasteiger partial charge in [0.1, 0.15) is 5.75 Å². The lowest BCUT2D eigenvalue weighted by Crippen LogP contribution is -2.04. The van der Waals surface area contributed by atoms with E-state index in [1.165, 1.54) is 6.07 Å². The lowest BCUT2D eigenvalue weighted by molar-refractivity contribution is 0.0695. The molecule has 92 valence electrons. The second kappa shape index (κ2) is 5.64. The van der Waals surface area contributed by atoms with Crippen LogP contribution in [0.5, 0.6) is 11.6 Å². The van der Waals surface area contributed by atoms with Gasteiger partial charge in [-0.25, -0.2) is 9.78 Å². The number of hydrogen-bond acceptors (Lipinski definition) is 3. The van der Waals surface area contributed by atoms with Gasteiger partial charge in [0, 0.05) is 11.4 Å². The molecular weight excluding hydrogens is 298 g/mol. The van der Waals surface area contributed by atoms with Crippen molar-refractivity contribution in [2.75, 3.05) is 0 Å². The van der Waals surface area contributed by atoms with Crippen LogP contribution < -0.4 is 4.74 Å². The number of ether oxygens (including phenoxy) is 1. The van der Waals surface area contributed by atoms with E-state index in [9.17, 15) is 4.79 Å². The Kier molecular flexibility index (Phi) is 3.94. The molecular formula is C13H10BrNO3. The van der Waals surface area contributed by atoms with Crippen LogP contribution in [0.25, 0.3) is 0 Å². The normalized spacial score (nSPS) is 10.1. The molecule has 0 unspecified atom stereocenters. The van der Waals surface area contributed by atoms with Crippen LogP contribution in [0.2, 0.25) is 0 Å². The summed E-state index contributed by atoms with van der Waals surface area (Å²) in [4.78, 5) is 15.1. The number of nitrogens with zero attached hydrogens (tertiary/aromatic N) is 1. The minimum atomic E-state index is -0.997. The first kappa shape index (κ1) is 12.6. The van der Waals surface area contributed by atoms with Gasteiger partial charge >= 0.3 is 5.97 Å². The molecule has 0 bridgehead atoms. The van der Waals surface area contributed by atoms with E-state index >= 15 is 0 Å². The second-order valence-electron chi connectivity index (χ2n) is 3.50. The van der Waals surface area contributed by atoms with Crippen LogP contribution in [0, 0.1) is 0 Å². The maximum Gasteiger partial charge on any atom is 0.337 e. The van der Waals surface area contributed by atoms with Crippen LogP contribution in [0.3, 0.4) is 0 Å². The number of hydrogen-bond donors (Lipinski definition) is 1. The van der Waals surface area contributed by atoms with Crippen LogP contribution in [-0.4, -0.2) is 16.1 Å². The summed E-state index contributed by atoms with van der Waals surface area (Å²) in [7, 11) is 0. The molecule has 2 rings (SSSR count). The quantitative estimate of drug-likeness (QED) is 0.879. The van der Waals surface area contributed by atoms with Crippen LogP contribution in [-0.2, 0) is 5.33 Å².